The van der Waals surface area contributed by atoms with Crippen molar-refractivity contribution in [2.24, 2.45) is 11.8 Å². The number of hydrogen-bond acceptors (Lipinski definition) is 11. The number of aliphatic hydroxyl groups excluding tert-OH is 1. The van der Waals surface area contributed by atoms with Crippen molar-refractivity contribution in [3.8, 4) is 0 Å². The van der Waals surface area contributed by atoms with Gasteiger partial charge in [0.2, 0.25) is 29.5 Å². The minimum Gasteiger partial charge on any atom is -0.449 e. The molecule has 1 aromatic heterocycles. The van der Waals surface area contributed by atoms with Crippen molar-refractivity contribution in [3.63, 3.8) is 0 Å². The van der Waals surface area contributed by atoms with E-state index in [-0.39, 0.29) is 74.7 Å². The van der Waals surface area contributed by atoms with Gasteiger partial charge in [-0.1, -0.05) is 48.9 Å². The Balaban J connectivity index is 0.857. The number of unbranched alkanes of at least 4 members (excludes halogenated alkanes) is 2. The fourth-order valence-corrected chi connectivity index (χ4v) is 9.62. The molecule has 66 heavy (non-hydrogen) atoms. The number of carbonyl (C=O) groups is 7. The van der Waals surface area contributed by atoms with Gasteiger partial charge in [-0.3, -0.25) is 38.9 Å². The smallest absolute Gasteiger partial charge is 0.410 e. The topological polar surface area (TPSA) is 231 Å². The number of hydrogen-bond donors (Lipinski definition) is 6. The molecule has 1 aliphatic carbocycles. The molecule has 2 atom stereocenters. The summed E-state index contributed by atoms with van der Waals surface area (Å²) in [5.74, 6) is -0.971. The summed E-state index contributed by atoms with van der Waals surface area (Å²) in [6.07, 6.45) is 10.1. The number of aromatic nitrogens is 1. The first kappa shape index (κ1) is 49.5. The lowest BCUT2D eigenvalue weighted by atomic mass is 9.81. The number of para-hydroxylation sites is 1. The summed E-state index contributed by atoms with van der Waals surface area (Å²) in [5.41, 5.74) is 6.30. The Morgan fingerprint density at radius 1 is 0.970 bits per heavy atom. The second kappa shape index (κ2) is 24.5. The first-order valence-electron chi connectivity index (χ1n) is 22.8. The van der Waals surface area contributed by atoms with Crippen LogP contribution in [0.2, 0.25) is 0 Å². The Bertz CT molecular complexity index is 2250. The Kier molecular flexibility index (Phi) is 18.4. The van der Waals surface area contributed by atoms with Crippen LogP contribution in [0.25, 0.3) is 17.0 Å². The van der Waals surface area contributed by atoms with E-state index < -0.39 is 23.5 Å². The highest BCUT2D eigenvalue weighted by Crippen LogP contribution is 2.29. The van der Waals surface area contributed by atoms with Crippen molar-refractivity contribution < 1.29 is 48.6 Å². The van der Waals surface area contributed by atoms with Crippen LogP contribution in [0, 0.1) is 18.8 Å². The number of amides is 7. The number of thioether (sulfide) groups is 1. The SMILES string of the molecule is Cc1[nH]c2ccccc2c1CCN(Cc1ccc(/C=C/C(=O)NO)cc1)C(=O)OCCSC1CC(=O)N(CCCCCC(=O)NCC2CCC(C(=O)NCCN3C(=O)C=CC3O)CC2)C1=O. The van der Waals surface area contributed by atoms with Crippen molar-refractivity contribution in [3.05, 3.63) is 89.1 Å². The van der Waals surface area contributed by atoms with Crippen molar-refractivity contribution in [1.82, 2.24) is 35.8 Å². The number of carbonyl (C=O) groups excluding carboxylic acids is 7. The van der Waals surface area contributed by atoms with Gasteiger partial charge < -0.3 is 35.3 Å². The lowest BCUT2D eigenvalue weighted by Gasteiger charge is -2.28. The molecular formula is C48H61N7O10S. The minimum absolute atomic E-state index is 0.0450. The lowest BCUT2D eigenvalue weighted by molar-refractivity contribution is -0.138. The number of aliphatic hydroxyl groups is 1. The second-order valence-corrected chi connectivity index (χ2v) is 18.3. The highest BCUT2D eigenvalue weighted by molar-refractivity contribution is 8.00. The predicted molar refractivity (Wildman–Crippen MR) is 248 cm³/mol. The zero-order valence-electron chi connectivity index (χ0n) is 37.4. The van der Waals surface area contributed by atoms with Gasteiger partial charge in [-0.2, -0.15) is 0 Å². The van der Waals surface area contributed by atoms with Crippen LogP contribution in [-0.2, 0) is 46.5 Å². The molecule has 7 amide bonds. The third-order valence-electron chi connectivity index (χ3n) is 12.4. The van der Waals surface area contributed by atoms with Gasteiger partial charge in [0.25, 0.3) is 5.91 Å². The number of aryl methyl sites for hydroxylation is 1. The molecule has 1 saturated heterocycles. The van der Waals surface area contributed by atoms with E-state index in [0.29, 0.717) is 56.9 Å². The molecular weight excluding hydrogens is 867 g/mol. The van der Waals surface area contributed by atoms with Crippen LogP contribution in [0.15, 0.2) is 66.8 Å². The van der Waals surface area contributed by atoms with E-state index in [1.807, 2.05) is 49.4 Å². The summed E-state index contributed by atoms with van der Waals surface area (Å²) in [7, 11) is 0. The lowest BCUT2D eigenvalue weighted by Crippen LogP contribution is -2.42. The number of ether oxygens (including phenoxy) is 1. The normalized spacial score (nSPS) is 19.5. The Hall–Kier alpha value is -5.98. The van der Waals surface area contributed by atoms with E-state index in [0.717, 1.165) is 59.0 Å². The molecule has 0 bridgehead atoms. The van der Waals surface area contributed by atoms with Crippen molar-refractivity contribution in [1.29, 1.82) is 0 Å². The number of rotatable bonds is 23. The van der Waals surface area contributed by atoms with Crippen LogP contribution in [-0.4, -0.2) is 128 Å². The van der Waals surface area contributed by atoms with Crippen LogP contribution >= 0.6 is 11.8 Å². The first-order valence-corrected chi connectivity index (χ1v) is 23.8. The second-order valence-electron chi connectivity index (χ2n) is 17.0. The summed E-state index contributed by atoms with van der Waals surface area (Å²) in [6, 6.07) is 15.3. The quantitative estimate of drug-likeness (QED) is 0.0258. The summed E-state index contributed by atoms with van der Waals surface area (Å²) in [5, 5.41) is 25.0. The fourth-order valence-electron chi connectivity index (χ4n) is 8.62. The number of H-pyrrole nitrogens is 1. The number of hydroxylamine groups is 1. The molecule has 3 aromatic rings. The summed E-state index contributed by atoms with van der Waals surface area (Å²) in [4.78, 5) is 95.5. The zero-order chi connectivity index (χ0) is 47.0. The Labute approximate surface area is 388 Å². The highest BCUT2D eigenvalue weighted by atomic mass is 32.2. The van der Waals surface area contributed by atoms with Gasteiger partial charge in [0.05, 0.1) is 5.25 Å². The number of nitrogens with zero attached hydrogens (tertiary/aromatic N) is 3. The average molecular weight is 928 g/mol. The molecule has 1 saturated carbocycles. The highest BCUT2D eigenvalue weighted by Gasteiger charge is 2.38. The molecule has 6 N–H and O–H groups in total. The van der Waals surface area contributed by atoms with E-state index >= 15 is 0 Å². The largest absolute Gasteiger partial charge is 0.449 e. The summed E-state index contributed by atoms with van der Waals surface area (Å²) < 4.78 is 5.72. The van der Waals surface area contributed by atoms with E-state index in [1.54, 1.807) is 16.5 Å². The standard InChI is InChI=1S/C48H61N7O10S/c1-32-37(38-7-4-5-8-39(38)51-32)22-25-53(31-35-12-10-33(11-13-35)16-19-42(57)52-64)48(63)65-27-28-66-40-29-45(60)55(47(40)62)24-6-2-3-9-41(56)50-30-34-14-17-36(18-15-34)46(61)49-23-26-54-43(58)20-21-44(54)59/h4-5,7-8,10-13,16,19-21,34,36,40,43,51,58,64H,2-3,6,9,14-15,17-18,22-31H2,1H3,(H,49,61)(H,50,56)(H,52,57)/b19-16+. The van der Waals surface area contributed by atoms with Crippen LogP contribution in [0.1, 0.15) is 80.2 Å². The van der Waals surface area contributed by atoms with E-state index in [4.69, 9.17) is 9.94 Å². The molecule has 0 radical (unpaired) electrons. The van der Waals surface area contributed by atoms with Crippen molar-refractivity contribution in [2.45, 2.75) is 89.2 Å². The third-order valence-corrected chi connectivity index (χ3v) is 13.6. The average Bonchev–Trinajstić information content (AvgIpc) is 3.92. The van der Waals surface area contributed by atoms with Gasteiger partial charge in [-0.15, -0.1) is 11.8 Å². The molecule has 0 spiro atoms. The van der Waals surface area contributed by atoms with E-state index in [1.165, 1.54) is 39.8 Å². The van der Waals surface area contributed by atoms with Gasteiger partial charge in [0.1, 0.15) is 12.8 Å². The zero-order valence-corrected chi connectivity index (χ0v) is 38.2. The Morgan fingerprint density at radius 3 is 2.48 bits per heavy atom. The molecule has 17 nitrogen and oxygen atoms in total. The van der Waals surface area contributed by atoms with Crippen molar-refractivity contribution >= 4 is 70.3 Å². The molecule has 354 valence electrons. The molecule has 2 unspecified atom stereocenters. The van der Waals surface area contributed by atoms with E-state index in [9.17, 15) is 38.7 Å². The van der Waals surface area contributed by atoms with E-state index in [2.05, 4.69) is 21.7 Å². The van der Waals surface area contributed by atoms with Gasteiger partial charge in [-0.05, 0) is 92.7 Å². The van der Waals surface area contributed by atoms with Crippen LogP contribution < -0.4 is 16.1 Å². The number of benzene rings is 2. The predicted octanol–water partition coefficient (Wildman–Crippen LogP) is 4.35. The Morgan fingerprint density at radius 2 is 1.74 bits per heavy atom. The maximum absolute atomic E-state index is 13.5. The number of fused-ring (bicyclic) bond motifs is 1. The summed E-state index contributed by atoms with van der Waals surface area (Å²) in [6.45, 7) is 4.07. The minimum atomic E-state index is -0.949. The molecule has 18 heteroatoms. The number of likely N-dealkylation sites (tertiary alicyclic amines) is 1. The van der Waals surface area contributed by atoms with Crippen molar-refractivity contribution in [2.75, 3.05) is 45.1 Å². The molecule has 2 aliphatic heterocycles. The number of aromatic amines is 1. The van der Waals surface area contributed by atoms with Gasteiger partial charge in [0.15, 0.2) is 0 Å². The molecule has 3 aliphatic rings. The number of nitrogens with one attached hydrogen (secondary N) is 4. The maximum Gasteiger partial charge on any atom is 0.410 e. The van der Waals surface area contributed by atoms with Gasteiger partial charge >= 0.3 is 6.09 Å². The summed E-state index contributed by atoms with van der Waals surface area (Å²) >= 11 is 1.30. The van der Waals surface area contributed by atoms with Crippen LogP contribution in [0.3, 0.4) is 0 Å². The molecule has 3 heterocycles. The fraction of sp³-hybridized carbons (Fsp3) is 0.479. The maximum atomic E-state index is 13.5. The van der Waals surface area contributed by atoms with Gasteiger partial charge in [-0.25, -0.2) is 10.3 Å². The van der Waals surface area contributed by atoms with Crippen LogP contribution in [0.4, 0.5) is 4.79 Å². The molecule has 2 aromatic carbocycles. The third kappa shape index (κ3) is 14.0. The van der Waals surface area contributed by atoms with Gasteiger partial charge in [0, 0.05) is 92.5 Å². The number of imide groups is 1. The monoisotopic (exact) mass is 927 g/mol. The molecule has 6 rings (SSSR count). The molecule has 2 fully saturated rings. The van der Waals surface area contributed by atoms with Crippen LogP contribution in [0.5, 0.6) is 0 Å². The first-order chi connectivity index (χ1) is 31.9.